The minimum absolute atomic E-state index is 0.722. The number of aromatic nitrogens is 3. The van der Waals surface area contributed by atoms with E-state index in [1.54, 1.807) is 23.3 Å². The van der Waals surface area contributed by atoms with E-state index in [0.717, 1.165) is 5.92 Å². The van der Waals surface area contributed by atoms with Crippen molar-refractivity contribution in [3.05, 3.63) is 4.88 Å². The zero-order valence-electron chi connectivity index (χ0n) is 8.95. The highest BCUT2D eigenvalue weighted by atomic mass is 32.2. The monoisotopic (exact) mass is 246 g/mol. The van der Waals surface area contributed by atoms with Gasteiger partial charge in [0.15, 0.2) is 0 Å². The smallest absolute Gasteiger partial charge is 0.105 e. The van der Waals surface area contributed by atoms with E-state index in [1.165, 1.54) is 46.9 Å². The number of aromatic amines is 2. The summed E-state index contributed by atoms with van der Waals surface area (Å²) in [5, 5.41) is 4.34. The molecule has 1 aromatic rings. The first kappa shape index (κ1) is 11.0. The summed E-state index contributed by atoms with van der Waals surface area (Å²) in [5.74, 6) is 6.36. The highest BCUT2D eigenvalue weighted by Crippen LogP contribution is 2.37. The molecule has 4 nitrogen and oxygen atoms in total. The molecule has 1 fully saturated rings. The summed E-state index contributed by atoms with van der Waals surface area (Å²) in [5.41, 5.74) is 0. The molecule has 1 heterocycles. The maximum atomic E-state index is 5.64. The Labute approximate surface area is 98.0 Å². The highest BCUT2D eigenvalue weighted by Gasteiger charge is 2.19. The summed E-state index contributed by atoms with van der Waals surface area (Å²) in [4.78, 5) is 2.85. The van der Waals surface area contributed by atoms with Crippen LogP contribution >= 0.6 is 23.3 Å². The molecule has 0 aliphatic heterocycles. The first-order valence-corrected chi connectivity index (χ1v) is 7.37. The molecule has 1 aromatic heterocycles. The molecule has 0 atom stereocenters. The Kier molecular flexibility index (Phi) is 3.69. The Hall–Kier alpha value is -0.490. The van der Waals surface area contributed by atoms with Crippen LogP contribution in [0.1, 0.15) is 42.9 Å². The van der Waals surface area contributed by atoms with E-state index >= 15 is 0 Å². The van der Waals surface area contributed by atoms with Crippen molar-refractivity contribution < 1.29 is 0 Å². The predicted molar refractivity (Wildman–Crippen MR) is 66.4 cm³/mol. The van der Waals surface area contributed by atoms with Crippen LogP contribution in [0.3, 0.4) is 0 Å². The lowest BCUT2D eigenvalue weighted by molar-refractivity contribution is 0.440. The van der Waals surface area contributed by atoms with Gasteiger partial charge in [-0.2, -0.15) is 0 Å². The quantitative estimate of drug-likeness (QED) is 0.555. The van der Waals surface area contributed by atoms with Gasteiger partial charge in [-0.1, -0.05) is 19.3 Å². The summed E-state index contributed by atoms with van der Waals surface area (Å²) in [6, 6.07) is 0. The molecule has 0 aromatic carbocycles. The molecule has 1 saturated carbocycles. The molecule has 15 heavy (non-hydrogen) atoms. The molecule has 0 spiro atoms. The van der Waals surface area contributed by atoms with Crippen molar-refractivity contribution in [2.45, 2.75) is 43.0 Å². The van der Waals surface area contributed by atoms with Crippen LogP contribution in [0.15, 0.2) is 5.03 Å². The molecule has 1 aliphatic rings. The minimum atomic E-state index is 0.722. The molecular formula is C9H18N4S2. The SMILES string of the molecule is CSc1[nH]n(N)[nH]sc1C1CCCCC1. The first-order valence-electron chi connectivity index (χ1n) is 5.33. The molecular weight excluding hydrogens is 228 g/mol. The molecule has 6 heteroatoms. The minimum Gasteiger partial charge on any atom is -0.309 e. The normalized spacial score (nSPS) is 17.9. The van der Waals surface area contributed by atoms with Crippen molar-refractivity contribution in [1.29, 1.82) is 0 Å². The van der Waals surface area contributed by atoms with Crippen LogP contribution in [0.4, 0.5) is 0 Å². The second-order valence-electron chi connectivity index (χ2n) is 3.91. The van der Waals surface area contributed by atoms with Crippen LogP contribution in [0, 0.1) is 0 Å². The van der Waals surface area contributed by atoms with Gasteiger partial charge >= 0.3 is 0 Å². The summed E-state index contributed by atoms with van der Waals surface area (Å²) >= 11 is 3.39. The molecule has 0 unspecified atom stereocenters. The molecule has 0 saturated heterocycles. The fourth-order valence-corrected chi connectivity index (χ4v) is 3.83. The van der Waals surface area contributed by atoms with E-state index in [0.29, 0.717) is 0 Å². The van der Waals surface area contributed by atoms with E-state index in [2.05, 4.69) is 15.8 Å². The lowest BCUT2D eigenvalue weighted by Gasteiger charge is -2.22. The average molecular weight is 246 g/mol. The summed E-state index contributed by atoms with van der Waals surface area (Å²) in [7, 11) is 0. The summed E-state index contributed by atoms with van der Waals surface area (Å²) in [6.07, 6.45) is 8.85. The Balaban J connectivity index is 2.25. The lowest BCUT2D eigenvalue weighted by Crippen LogP contribution is -2.18. The molecule has 0 amide bonds. The zero-order chi connectivity index (χ0) is 10.7. The Morgan fingerprint density at radius 2 is 2.13 bits per heavy atom. The Morgan fingerprint density at radius 1 is 1.40 bits per heavy atom. The number of nitrogens with zero attached hydrogens (tertiary/aromatic N) is 1. The topological polar surface area (TPSA) is 62.5 Å². The molecule has 0 bridgehead atoms. The van der Waals surface area contributed by atoms with E-state index in [9.17, 15) is 0 Å². The Bertz CT molecular complexity index is 339. The van der Waals surface area contributed by atoms with Gasteiger partial charge in [0.05, 0.1) is 4.88 Å². The van der Waals surface area contributed by atoms with Gasteiger partial charge in [0, 0.05) is 0 Å². The zero-order valence-corrected chi connectivity index (χ0v) is 10.6. The second-order valence-corrected chi connectivity index (χ2v) is 5.55. The largest absolute Gasteiger partial charge is 0.309 e. The van der Waals surface area contributed by atoms with Gasteiger partial charge in [0.2, 0.25) is 0 Å². The third-order valence-electron chi connectivity index (χ3n) is 2.88. The first-order chi connectivity index (χ1) is 7.31. The van der Waals surface area contributed by atoms with Gasteiger partial charge in [-0.3, -0.25) is 5.10 Å². The van der Waals surface area contributed by atoms with Gasteiger partial charge in [-0.05, 0) is 36.5 Å². The fraction of sp³-hybridized carbons (Fsp3) is 0.778. The van der Waals surface area contributed by atoms with Gasteiger partial charge in [-0.15, -0.1) is 16.7 Å². The van der Waals surface area contributed by atoms with Crippen LogP contribution in [-0.4, -0.2) is 20.7 Å². The number of H-pyrrole nitrogens is 2. The average Bonchev–Trinajstić information content (AvgIpc) is 2.30. The van der Waals surface area contributed by atoms with E-state index in [4.69, 9.17) is 5.84 Å². The van der Waals surface area contributed by atoms with Crippen molar-refractivity contribution in [2.24, 2.45) is 0 Å². The Morgan fingerprint density at radius 3 is 2.80 bits per heavy atom. The van der Waals surface area contributed by atoms with Crippen LogP contribution in [0.2, 0.25) is 0 Å². The highest BCUT2D eigenvalue weighted by molar-refractivity contribution is 7.98. The fourth-order valence-electron chi connectivity index (χ4n) is 2.11. The summed E-state index contributed by atoms with van der Waals surface area (Å²) < 4.78 is 3.04. The van der Waals surface area contributed by atoms with Crippen LogP contribution in [0.25, 0.3) is 0 Å². The van der Waals surface area contributed by atoms with E-state index in [-0.39, 0.29) is 0 Å². The number of thioether (sulfide) groups is 1. The second kappa shape index (κ2) is 5.03. The van der Waals surface area contributed by atoms with Crippen molar-refractivity contribution in [3.63, 3.8) is 0 Å². The van der Waals surface area contributed by atoms with Crippen LogP contribution in [0.5, 0.6) is 0 Å². The molecule has 0 radical (unpaired) electrons. The van der Waals surface area contributed by atoms with E-state index < -0.39 is 0 Å². The molecule has 1 aliphatic carbocycles. The standard InChI is InChI=1S/C9H18N4S2/c1-14-9-8(15-12-13(10)11-9)7-5-3-2-4-6-7/h7,11-12H,2-6,10H2,1H3. The maximum Gasteiger partial charge on any atom is 0.105 e. The summed E-state index contributed by atoms with van der Waals surface area (Å²) in [6.45, 7) is 0. The number of nitrogens with one attached hydrogen (secondary N) is 2. The number of hydrogen-bond donors (Lipinski definition) is 3. The van der Waals surface area contributed by atoms with Crippen LogP contribution < -0.4 is 5.84 Å². The van der Waals surface area contributed by atoms with E-state index in [1.807, 2.05) is 0 Å². The lowest BCUT2D eigenvalue weighted by atomic mass is 9.88. The number of nitrogens with two attached hydrogens (primary N) is 1. The van der Waals surface area contributed by atoms with Gasteiger partial charge in [0.1, 0.15) is 5.03 Å². The third kappa shape index (κ3) is 2.55. The number of rotatable bonds is 2. The van der Waals surface area contributed by atoms with Crippen molar-refractivity contribution in [3.8, 4) is 0 Å². The van der Waals surface area contributed by atoms with Gasteiger partial charge in [0.25, 0.3) is 0 Å². The number of hydrogen-bond acceptors (Lipinski definition) is 3. The van der Waals surface area contributed by atoms with Gasteiger partial charge < -0.3 is 5.84 Å². The molecule has 86 valence electrons. The van der Waals surface area contributed by atoms with Gasteiger partial charge in [-0.25, -0.2) is 4.49 Å². The molecule has 4 N–H and O–H groups in total. The number of nitrogen functional groups attached to an aromatic ring is 1. The van der Waals surface area contributed by atoms with Crippen LogP contribution in [-0.2, 0) is 0 Å². The maximum absolute atomic E-state index is 5.64. The van der Waals surface area contributed by atoms with Crippen molar-refractivity contribution in [2.75, 3.05) is 12.1 Å². The third-order valence-corrected chi connectivity index (χ3v) is 4.77. The predicted octanol–water partition coefficient (Wildman–Crippen LogP) is 2.81. The molecule has 2 rings (SSSR count). The van der Waals surface area contributed by atoms with Crippen molar-refractivity contribution >= 4 is 23.3 Å². The van der Waals surface area contributed by atoms with Crippen molar-refractivity contribution in [1.82, 2.24) is 14.5 Å².